The maximum Gasteiger partial charge on any atom is 0.391 e. The van der Waals surface area contributed by atoms with Crippen LogP contribution in [0.4, 0.5) is 22.0 Å². The van der Waals surface area contributed by atoms with Crippen molar-refractivity contribution in [2.45, 2.75) is 57.2 Å². The molecular formula is C11H18F5N. The van der Waals surface area contributed by atoms with Crippen molar-refractivity contribution in [1.82, 2.24) is 5.32 Å². The van der Waals surface area contributed by atoms with Crippen LogP contribution in [0.1, 0.15) is 39.0 Å². The third kappa shape index (κ3) is 3.53. The zero-order chi connectivity index (χ0) is 13.1. The SMILES string of the molecule is CCCNC1(C(F)F)CCC(C(F)(F)F)CC1. The standard InChI is InChI=1S/C11H18F5N/c1-2-7-17-10(9(12)13)5-3-8(4-6-10)11(14,15)16/h8-9,17H,2-7H2,1H3. The van der Waals surface area contributed by atoms with Gasteiger partial charge in [0.15, 0.2) is 0 Å². The Morgan fingerprint density at radius 3 is 2.12 bits per heavy atom. The Morgan fingerprint density at radius 2 is 1.76 bits per heavy atom. The molecule has 0 aliphatic heterocycles. The fraction of sp³-hybridized carbons (Fsp3) is 1.00. The first kappa shape index (κ1) is 14.7. The van der Waals surface area contributed by atoms with Crippen LogP contribution in [0.2, 0.25) is 0 Å². The largest absolute Gasteiger partial charge is 0.391 e. The lowest BCUT2D eigenvalue weighted by atomic mass is 9.76. The highest BCUT2D eigenvalue weighted by Crippen LogP contribution is 2.43. The molecule has 6 heteroatoms. The molecule has 1 fully saturated rings. The van der Waals surface area contributed by atoms with Crippen molar-refractivity contribution in [2.75, 3.05) is 6.54 Å². The summed E-state index contributed by atoms with van der Waals surface area (Å²) >= 11 is 0. The molecule has 1 aliphatic carbocycles. The van der Waals surface area contributed by atoms with Crippen LogP contribution in [0.3, 0.4) is 0 Å². The second-order valence-electron chi connectivity index (χ2n) is 4.70. The number of hydrogen-bond acceptors (Lipinski definition) is 1. The molecule has 1 nitrogen and oxygen atoms in total. The zero-order valence-electron chi connectivity index (χ0n) is 9.79. The van der Waals surface area contributed by atoms with Crippen molar-refractivity contribution >= 4 is 0 Å². The Labute approximate surface area is 97.8 Å². The molecule has 102 valence electrons. The summed E-state index contributed by atoms with van der Waals surface area (Å²) in [6.07, 6.45) is -6.78. The molecule has 0 aromatic heterocycles. The van der Waals surface area contributed by atoms with E-state index in [9.17, 15) is 22.0 Å². The van der Waals surface area contributed by atoms with Crippen LogP contribution in [0.25, 0.3) is 0 Å². The predicted octanol–water partition coefficient (Wildman–Crippen LogP) is 3.74. The fourth-order valence-electron chi connectivity index (χ4n) is 2.31. The van der Waals surface area contributed by atoms with E-state index >= 15 is 0 Å². The monoisotopic (exact) mass is 259 g/mol. The van der Waals surface area contributed by atoms with Gasteiger partial charge in [0.1, 0.15) is 0 Å². The van der Waals surface area contributed by atoms with E-state index < -0.39 is 24.1 Å². The first-order valence-electron chi connectivity index (χ1n) is 5.91. The van der Waals surface area contributed by atoms with E-state index in [0.29, 0.717) is 13.0 Å². The van der Waals surface area contributed by atoms with Gasteiger partial charge in [0.05, 0.1) is 11.5 Å². The van der Waals surface area contributed by atoms with E-state index in [0.717, 1.165) is 0 Å². The molecule has 1 N–H and O–H groups in total. The Hall–Kier alpha value is -0.390. The van der Waals surface area contributed by atoms with Crippen LogP contribution in [-0.4, -0.2) is 24.7 Å². The maximum atomic E-state index is 13.0. The summed E-state index contributed by atoms with van der Waals surface area (Å²) in [7, 11) is 0. The second kappa shape index (κ2) is 5.50. The second-order valence-corrected chi connectivity index (χ2v) is 4.70. The van der Waals surface area contributed by atoms with Gasteiger partial charge < -0.3 is 5.32 Å². The van der Waals surface area contributed by atoms with Crippen molar-refractivity contribution in [1.29, 1.82) is 0 Å². The van der Waals surface area contributed by atoms with E-state index in [1.807, 2.05) is 6.92 Å². The van der Waals surface area contributed by atoms with Gasteiger partial charge in [-0.25, -0.2) is 8.78 Å². The van der Waals surface area contributed by atoms with Crippen molar-refractivity contribution in [3.8, 4) is 0 Å². The third-order valence-corrected chi connectivity index (χ3v) is 3.49. The molecule has 0 aromatic carbocycles. The van der Waals surface area contributed by atoms with E-state index in [1.54, 1.807) is 0 Å². The quantitative estimate of drug-likeness (QED) is 0.758. The number of nitrogens with one attached hydrogen (secondary N) is 1. The lowest BCUT2D eigenvalue weighted by molar-refractivity contribution is -0.189. The molecule has 0 aromatic rings. The Balaban J connectivity index is 2.61. The normalized spacial score (nSPS) is 30.9. The molecule has 0 amide bonds. The summed E-state index contributed by atoms with van der Waals surface area (Å²) in [6.45, 7) is 2.26. The molecule has 1 rings (SSSR count). The topological polar surface area (TPSA) is 12.0 Å². The minimum atomic E-state index is -4.25. The van der Waals surface area contributed by atoms with Gasteiger partial charge in [-0.05, 0) is 38.6 Å². The maximum absolute atomic E-state index is 13.0. The van der Waals surface area contributed by atoms with Crippen LogP contribution in [0.15, 0.2) is 0 Å². The fourth-order valence-corrected chi connectivity index (χ4v) is 2.31. The van der Waals surface area contributed by atoms with Crippen molar-refractivity contribution in [2.24, 2.45) is 5.92 Å². The average Bonchev–Trinajstić information content (AvgIpc) is 2.25. The molecule has 0 unspecified atom stereocenters. The summed E-state index contributed by atoms with van der Waals surface area (Å²) in [5.41, 5.74) is -1.40. The molecule has 0 spiro atoms. The summed E-state index contributed by atoms with van der Waals surface area (Å²) in [6, 6.07) is 0. The highest BCUT2D eigenvalue weighted by atomic mass is 19.4. The predicted molar refractivity (Wildman–Crippen MR) is 55.0 cm³/mol. The number of alkyl halides is 5. The van der Waals surface area contributed by atoms with Crippen molar-refractivity contribution in [3.05, 3.63) is 0 Å². The van der Waals surface area contributed by atoms with Crippen molar-refractivity contribution in [3.63, 3.8) is 0 Å². The number of halogens is 5. The smallest absolute Gasteiger partial charge is 0.306 e. The van der Waals surface area contributed by atoms with Gasteiger partial charge in [-0.3, -0.25) is 0 Å². The van der Waals surface area contributed by atoms with Gasteiger partial charge in [0, 0.05) is 0 Å². The molecule has 0 atom stereocenters. The number of hydrogen-bond donors (Lipinski definition) is 1. The van der Waals surface area contributed by atoms with E-state index in [1.165, 1.54) is 0 Å². The average molecular weight is 259 g/mol. The van der Waals surface area contributed by atoms with Gasteiger partial charge in [0.2, 0.25) is 0 Å². The lowest BCUT2D eigenvalue weighted by Crippen LogP contribution is -2.54. The summed E-state index contributed by atoms with van der Waals surface area (Å²) < 4.78 is 63.3. The van der Waals surface area contributed by atoms with E-state index in [4.69, 9.17) is 0 Å². The lowest BCUT2D eigenvalue weighted by Gasteiger charge is -2.40. The Kier molecular flexibility index (Phi) is 4.75. The van der Waals surface area contributed by atoms with Crippen LogP contribution in [0, 0.1) is 5.92 Å². The molecule has 0 saturated heterocycles. The minimum Gasteiger partial charge on any atom is -0.306 e. The van der Waals surface area contributed by atoms with Crippen LogP contribution >= 0.6 is 0 Å². The highest BCUT2D eigenvalue weighted by Gasteiger charge is 2.49. The van der Waals surface area contributed by atoms with Gasteiger partial charge in [0.25, 0.3) is 6.43 Å². The van der Waals surface area contributed by atoms with Crippen LogP contribution < -0.4 is 5.32 Å². The molecule has 0 bridgehead atoms. The summed E-state index contributed by atoms with van der Waals surface area (Å²) in [5, 5.41) is 2.74. The van der Waals surface area contributed by atoms with Gasteiger partial charge >= 0.3 is 6.18 Å². The van der Waals surface area contributed by atoms with E-state index in [2.05, 4.69) is 5.32 Å². The minimum absolute atomic E-state index is 0.102. The zero-order valence-corrected chi connectivity index (χ0v) is 9.79. The Bertz CT molecular complexity index is 231. The highest BCUT2D eigenvalue weighted by molar-refractivity contribution is 4.96. The first-order chi connectivity index (χ1) is 7.82. The van der Waals surface area contributed by atoms with Gasteiger partial charge in [-0.1, -0.05) is 6.92 Å². The van der Waals surface area contributed by atoms with Gasteiger partial charge in [-0.2, -0.15) is 13.2 Å². The molecule has 0 radical (unpaired) electrons. The first-order valence-corrected chi connectivity index (χ1v) is 5.91. The summed E-state index contributed by atoms with van der Waals surface area (Å²) in [4.78, 5) is 0. The molecule has 1 aliphatic rings. The van der Waals surface area contributed by atoms with Gasteiger partial charge in [-0.15, -0.1) is 0 Å². The van der Waals surface area contributed by atoms with E-state index in [-0.39, 0.29) is 25.7 Å². The number of rotatable bonds is 4. The summed E-state index contributed by atoms with van der Waals surface area (Å²) in [5.74, 6) is -1.42. The third-order valence-electron chi connectivity index (χ3n) is 3.49. The Morgan fingerprint density at radius 1 is 1.24 bits per heavy atom. The molecular weight excluding hydrogens is 241 g/mol. The molecule has 17 heavy (non-hydrogen) atoms. The van der Waals surface area contributed by atoms with Crippen LogP contribution in [-0.2, 0) is 0 Å². The van der Waals surface area contributed by atoms with Crippen LogP contribution in [0.5, 0.6) is 0 Å². The molecule has 1 saturated carbocycles. The molecule has 0 heterocycles. The van der Waals surface area contributed by atoms with Crippen molar-refractivity contribution < 1.29 is 22.0 Å².